The number of aryl methyl sites for hydroxylation is 2. The summed E-state index contributed by atoms with van der Waals surface area (Å²) in [5.74, 6) is -0.0556. The molecule has 5 N–H and O–H groups in total. The van der Waals surface area contributed by atoms with Crippen molar-refractivity contribution in [1.82, 2.24) is 0 Å². The van der Waals surface area contributed by atoms with Gasteiger partial charge in [0.25, 0.3) is 10.1 Å². The van der Waals surface area contributed by atoms with Crippen LogP contribution in [0.1, 0.15) is 23.1 Å². The highest BCUT2D eigenvalue weighted by molar-refractivity contribution is 7.85. The average Bonchev–Trinajstić information content (AvgIpc) is 2.73. The first-order valence-electron chi connectivity index (χ1n) is 9.47. The molecular weight excluding hydrogens is 414 g/mol. The number of nitrogens with two attached hydrogens (primary N) is 1. The molecule has 162 valence electrons. The van der Waals surface area contributed by atoms with E-state index >= 15 is 0 Å². The molecule has 0 aromatic heterocycles. The van der Waals surface area contributed by atoms with Gasteiger partial charge in [-0.1, -0.05) is 60.2 Å². The van der Waals surface area contributed by atoms with Crippen molar-refractivity contribution in [2.24, 2.45) is 5.73 Å². The van der Waals surface area contributed by atoms with E-state index in [1.54, 1.807) is 36.4 Å². The zero-order chi connectivity index (χ0) is 22.9. The molecule has 0 heterocycles. The van der Waals surface area contributed by atoms with Gasteiger partial charge in [0, 0.05) is 17.7 Å². The number of nitrogens with one attached hydrogen (secondary N) is 2. The molecule has 1 amide bonds. The second-order valence-electron chi connectivity index (χ2n) is 6.82. The molecule has 7 nitrogen and oxygen atoms in total. The first-order chi connectivity index (χ1) is 14.6. The number of amides is 1. The molecule has 3 aromatic rings. The first kappa shape index (κ1) is 23.8. The Morgan fingerprint density at radius 1 is 1.00 bits per heavy atom. The number of carbonyl (C=O) groups excluding carboxylic acids is 1. The lowest BCUT2D eigenvalue weighted by Crippen LogP contribution is -2.14. The lowest BCUT2D eigenvalue weighted by atomic mass is 10.1. The van der Waals surface area contributed by atoms with E-state index < -0.39 is 10.1 Å². The van der Waals surface area contributed by atoms with E-state index in [9.17, 15) is 13.2 Å². The zero-order valence-electron chi connectivity index (χ0n) is 17.1. The third kappa shape index (κ3) is 8.41. The Kier molecular flexibility index (Phi) is 8.48. The number of rotatable bonds is 6. The number of nitrogen functional groups attached to an aromatic ring is 1. The summed E-state index contributed by atoms with van der Waals surface area (Å²) in [6.07, 6.45) is 1.13. The van der Waals surface area contributed by atoms with E-state index in [1.807, 2.05) is 37.3 Å². The van der Waals surface area contributed by atoms with Gasteiger partial charge in [-0.25, -0.2) is 0 Å². The van der Waals surface area contributed by atoms with Gasteiger partial charge in [0.1, 0.15) is 5.84 Å². The van der Waals surface area contributed by atoms with Crippen LogP contribution in [0.3, 0.4) is 0 Å². The largest absolute Gasteiger partial charge is 0.384 e. The van der Waals surface area contributed by atoms with Gasteiger partial charge in [0.2, 0.25) is 5.91 Å². The van der Waals surface area contributed by atoms with Gasteiger partial charge in [-0.05, 0) is 43.2 Å². The highest BCUT2D eigenvalue weighted by atomic mass is 32.2. The molecule has 0 spiro atoms. The summed E-state index contributed by atoms with van der Waals surface area (Å²) in [5.41, 5.74) is 8.78. The molecule has 31 heavy (non-hydrogen) atoms. The molecule has 0 unspecified atom stereocenters. The molecule has 3 aromatic carbocycles. The molecule has 0 atom stereocenters. The van der Waals surface area contributed by atoms with Gasteiger partial charge >= 0.3 is 0 Å². The SMILES string of the molecule is Cc1ccc(S(=O)(=O)O)cc1.N=C(N)c1cccc(NC(=O)CCc2ccccc2)c1. The van der Waals surface area contributed by atoms with Crippen molar-refractivity contribution in [2.75, 3.05) is 5.32 Å². The minimum absolute atomic E-state index is 0.00890. The second-order valence-corrected chi connectivity index (χ2v) is 8.24. The number of anilines is 1. The molecular formula is C23H25N3O4S. The van der Waals surface area contributed by atoms with Crippen molar-refractivity contribution in [3.05, 3.63) is 95.6 Å². The lowest BCUT2D eigenvalue weighted by molar-refractivity contribution is -0.116. The van der Waals surface area contributed by atoms with Crippen LogP contribution in [0.25, 0.3) is 0 Å². The first-order valence-corrected chi connectivity index (χ1v) is 10.9. The molecule has 0 bridgehead atoms. The molecule has 0 radical (unpaired) electrons. The van der Waals surface area contributed by atoms with Crippen molar-refractivity contribution >= 4 is 27.5 Å². The van der Waals surface area contributed by atoms with Crippen molar-refractivity contribution in [3.8, 4) is 0 Å². The predicted octanol–water partition coefficient (Wildman–Crippen LogP) is 3.78. The monoisotopic (exact) mass is 439 g/mol. The van der Waals surface area contributed by atoms with E-state index in [1.165, 1.54) is 12.1 Å². The summed E-state index contributed by atoms with van der Waals surface area (Å²) in [6.45, 7) is 1.84. The van der Waals surface area contributed by atoms with Crippen LogP contribution in [0.2, 0.25) is 0 Å². The highest BCUT2D eigenvalue weighted by Gasteiger charge is 2.07. The second kappa shape index (κ2) is 11.1. The Balaban J connectivity index is 0.000000262. The summed E-state index contributed by atoms with van der Waals surface area (Å²) in [4.78, 5) is 11.8. The van der Waals surface area contributed by atoms with E-state index in [0.717, 1.165) is 11.1 Å². The van der Waals surface area contributed by atoms with Gasteiger partial charge in [-0.15, -0.1) is 0 Å². The molecule has 0 saturated heterocycles. The Morgan fingerprint density at radius 3 is 2.23 bits per heavy atom. The van der Waals surface area contributed by atoms with Crippen LogP contribution in [0.5, 0.6) is 0 Å². The fourth-order valence-electron chi connectivity index (χ4n) is 2.60. The standard InChI is InChI=1S/C16H17N3O.C7H8O3S/c17-16(18)13-7-4-8-14(11-13)19-15(20)10-9-12-5-2-1-3-6-12;1-6-2-4-7(5-3-6)11(8,9)10/h1-8,11H,9-10H2,(H3,17,18)(H,19,20);2-5H,1H3,(H,8,9,10). The maximum atomic E-state index is 11.9. The smallest absolute Gasteiger partial charge is 0.294 e. The Bertz CT molecular complexity index is 1130. The number of carbonyl (C=O) groups is 1. The van der Waals surface area contributed by atoms with Crippen LogP contribution < -0.4 is 11.1 Å². The molecule has 0 aliphatic carbocycles. The molecule has 3 rings (SSSR count). The molecule has 0 saturated carbocycles. The third-order valence-electron chi connectivity index (χ3n) is 4.26. The Hall–Kier alpha value is -3.49. The summed E-state index contributed by atoms with van der Waals surface area (Å²) >= 11 is 0. The minimum Gasteiger partial charge on any atom is -0.384 e. The minimum atomic E-state index is -4.02. The summed E-state index contributed by atoms with van der Waals surface area (Å²) < 4.78 is 29.6. The fourth-order valence-corrected chi connectivity index (χ4v) is 3.08. The molecule has 0 fully saturated rings. The average molecular weight is 440 g/mol. The van der Waals surface area contributed by atoms with Gasteiger partial charge in [-0.2, -0.15) is 8.42 Å². The van der Waals surface area contributed by atoms with Crippen molar-refractivity contribution < 1.29 is 17.8 Å². The van der Waals surface area contributed by atoms with Crippen LogP contribution >= 0.6 is 0 Å². The zero-order valence-corrected chi connectivity index (χ0v) is 17.9. The van der Waals surface area contributed by atoms with Crippen LogP contribution in [0.4, 0.5) is 5.69 Å². The van der Waals surface area contributed by atoms with Crippen LogP contribution in [0.15, 0.2) is 83.8 Å². The van der Waals surface area contributed by atoms with E-state index in [-0.39, 0.29) is 16.6 Å². The Morgan fingerprint density at radius 2 is 1.65 bits per heavy atom. The number of hydrogen-bond acceptors (Lipinski definition) is 4. The molecule has 0 aliphatic heterocycles. The quantitative estimate of drug-likeness (QED) is 0.263. The van der Waals surface area contributed by atoms with Gasteiger partial charge < -0.3 is 11.1 Å². The van der Waals surface area contributed by atoms with Gasteiger partial charge in [0.15, 0.2) is 0 Å². The van der Waals surface area contributed by atoms with E-state index in [0.29, 0.717) is 24.1 Å². The fraction of sp³-hybridized carbons (Fsp3) is 0.130. The number of amidine groups is 1. The number of benzene rings is 3. The van der Waals surface area contributed by atoms with Crippen LogP contribution in [-0.4, -0.2) is 24.7 Å². The Labute approximate surface area is 182 Å². The maximum absolute atomic E-state index is 11.9. The van der Waals surface area contributed by atoms with Crippen LogP contribution in [0, 0.1) is 12.3 Å². The van der Waals surface area contributed by atoms with Crippen molar-refractivity contribution in [3.63, 3.8) is 0 Å². The molecule has 0 aliphatic rings. The predicted molar refractivity (Wildman–Crippen MR) is 122 cm³/mol. The van der Waals surface area contributed by atoms with Gasteiger partial charge in [-0.3, -0.25) is 14.8 Å². The summed E-state index contributed by atoms with van der Waals surface area (Å²) in [5, 5.41) is 10.2. The maximum Gasteiger partial charge on any atom is 0.294 e. The lowest BCUT2D eigenvalue weighted by Gasteiger charge is -2.07. The van der Waals surface area contributed by atoms with Crippen LogP contribution in [-0.2, 0) is 21.3 Å². The summed E-state index contributed by atoms with van der Waals surface area (Å²) in [6, 6.07) is 22.9. The molecule has 8 heteroatoms. The summed E-state index contributed by atoms with van der Waals surface area (Å²) in [7, 11) is -4.02. The van der Waals surface area contributed by atoms with E-state index in [2.05, 4.69) is 5.32 Å². The normalized spacial score (nSPS) is 10.5. The van der Waals surface area contributed by atoms with E-state index in [4.69, 9.17) is 15.7 Å². The van der Waals surface area contributed by atoms with Crippen molar-refractivity contribution in [2.45, 2.75) is 24.7 Å². The topological polar surface area (TPSA) is 133 Å². The van der Waals surface area contributed by atoms with Crippen molar-refractivity contribution in [1.29, 1.82) is 5.41 Å². The third-order valence-corrected chi connectivity index (χ3v) is 5.13. The van der Waals surface area contributed by atoms with Gasteiger partial charge in [0.05, 0.1) is 4.90 Å². The number of hydrogen-bond donors (Lipinski definition) is 4. The highest BCUT2D eigenvalue weighted by Crippen LogP contribution is 2.11.